The summed E-state index contributed by atoms with van der Waals surface area (Å²) in [4.78, 5) is 10.8. The molecule has 0 aliphatic heterocycles. The Morgan fingerprint density at radius 1 is 1.57 bits per heavy atom. The minimum Gasteiger partial charge on any atom is -0.478 e. The third-order valence-corrected chi connectivity index (χ3v) is 2.03. The Bertz CT molecular complexity index is 333. The second-order valence-corrected chi connectivity index (χ2v) is 3.19. The van der Waals surface area contributed by atoms with Gasteiger partial charge in [0.2, 0.25) is 0 Å². The number of nitrogens with zero attached hydrogens (tertiary/aromatic N) is 2. The van der Waals surface area contributed by atoms with Gasteiger partial charge in [-0.25, -0.2) is 4.79 Å². The Balaban J connectivity index is 5.20. The Labute approximate surface area is 83.1 Å². The Kier molecular flexibility index (Phi) is 4.38. The molecule has 4 heteroatoms. The maximum absolute atomic E-state index is 10.8. The van der Waals surface area contributed by atoms with Crippen LogP contribution in [0.3, 0.4) is 0 Å². The van der Waals surface area contributed by atoms with E-state index < -0.39 is 11.4 Å². The molecule has 0 saturated carbocycles. The lowest BCUT2D eigenvalue weighted by atomic mass is 9.79. The highest BCUT2D eigenvalue weighted by Gasteiger charge is 2.32. The van der Waals surface area contributed by atoms with Gasteiger partial charge < -0.3 is 5.11 Å². The number of carboxylic acids is 1. The van der Waals surface area contributed by atoms with Crippen LogP contribution in [-0.2, 0) is 4.79 Å². The van der Waals surface area contributed by atoms with Crippen molar-refractivity contribution in [1.29, 1.82) is 10.5 Å². The van der Waals surface area contributed by atoms with E-state index in [1.165, 1.54) is 6.92 Å². The molecule has 0 aliphatic rings. The van der Waals surface area contributed by atoms with Crippen LogP contribution in [0, 0.1) is 28.1 Å². The Morgan fingerprint density at radius 3 is 2.43 bits per heavy atom. The van der Waals surface area contributed by atoms with Crippen molar-refractivity contribution in [2.24, 2.45) is 5.41 Å². The molecule has 0 spiro atoms. The lowest BCUT2D eigenvalue weighted by Gasteiger charge is -2.20. The van der Waals surface area contributed by atoms with E-state index in [0.717, 1.165) is 6.08 Å². The van der Waals surface area contributed by atoms with Gasteiger partial charge in [0.25, 0.3) is 0 Å². The van der Waals surface area contributed by atoms with Gasteiger partial charge in [-0.05, 0) is 13.3 Å². The molecule has 0 bridgehead atoms. The highest BCUT2D eigenvalue weighted by atomic mass is 16.4. The number of carboxylic acid groups (broad SMARTS) is 1. The first kappa shape index (κ1) is 12.2. The van der Waals surface area contributed by atoms with Gasteiger partial charge in [-0.2, -0.15) is 10.5 Å². The monoisotopic (exact) mass is 192 g/mol. The molecule has 1 atom stereocenters. The number of hydrogen-bond acceptors (Lipinski definition) is 3. The summed E-state index contributed by atoms with van der Waals surface area (Å²) in [5.41, 5.74) is -1.21. The largest absolute Gasteiger partial charge is 0.478 e. The minimum atomic E-state index is -1.20. The number of allylic oxidation sites excluding steroid dienone is 1. The third-order valence-electron chi connectivity index (χ3n) is 2.03. The van der Waals surface area contributed by atoms with Gasteiger partial charge in [0.05, 0.1) is 23.1 Å². The van der Waals surface area contributed by atoms with Gasteiger partial charge in [-0.1, -0.05) is 13.3 Å². The van der Waals surface area contributed by atoms with E-state index in [4.69, 9.17) is 15.6 Å². The van der Waals surface area contributed by atoms with Crippen molar-refractivity contribution in [2.75, 3.05) is 0 Å². The fourth-order valence-electron chi connectivity index (χ4n) is 1.27. The molecule has 0 aromatic heterocycles. The summed E-state index contributed by atoms with van der Waals surface area (Å²) in [5.74, 6) is -1.20. The van der Waals surface area contributed by atoms with E-state index in [1.54, 1.807) is 6.07 Å². The molecule has 0 fully saturated rings. The maximum atomic E-state index is 10.8. The average molecular weight is 192 g/mol. The van der Waals surface area contributed by atoms with Crippen LogP contribution >= 0.6 is 0 Å². The summed E-state index contributed by atoms with van der Waals surface area (Å²) in [7, 11) is 0. The molecule has 4 nitrogen and oxygen atoms in total. The quantitative estimate of drug-likeness (QED) is 0.544. The lowest BCUT2D eigenvalue weighted by Crippen LogP contribution is -2.22. The van der Waals surface area contributed by atoms with Gasteiger partial charge in [-0.15, -0.1) is 0 Å². The van der Waals surface area contributed by atoms with Crippen LogP contribution in [0.15, 0.2) is 11.6 Å². The maximum Gasteiger partial charge on any atom is 0.333 e. The van der Waals surface area contributed by atoms with Crippen molar-refractivity contribution in [1.82, 2.24) is 0 Å². The average Bonchev–Trinajstić information content (AvgIpc) is 2.14. The zero-order chi connectivity index (χ0) is 11.2. The minimum absolute atomic E-state index is 0.135. The fraction of sp³-hybridized carbons (Fsp3) is 0.500. The first-order chi connectivity index (χ1) is 6.51. The van der Waals surface area contributed by atoms with Crippen molar-refractivity contribution in [3.05, 3.63) is 11.6 Å². The van der Waals surface area contributed by atoms with Crippen LogP contribution < -0.4 is 0 Å². The molecule has 0 saturated heterocycles. The number of aliphatic carboxylic acids is 1. The van der Waals surface area contributed by atoms with Crippen LogP contribution in [0.2, 0.25) is 0 Å². The highest BCUT2D eigenvalue weighted by Crippen LogP contribution is 2.31. The van der Waals surface area contributed by atoms with Gasteiger partial charge in [-0.3, -0.25) is 0 Å². The predicted molar refractivity (Wildman–Crippen MR) is 50.0 cm³/mol. The lowest BCUT2D eigenvalue weighted by molar-refractivity contribution is -0.133. The second-order valence-electron chi connectivity index (χ2n) is 3.19. The molecule has 0 aromatic rings. The molecular formula is C10H12N2O2. The molecule has 14 heavy (non-hydrogen) atoms. The summed E-state index contributed by atoms with van der Waals surface area (Å²) in [6, 6.07) is 3.60. The number of rotatable bonds is 4. The number of nitriles is 2. The van der Waals surface area contributed by atoms with Gasteiger partial charge in [0.1, 0.15) is 0 Å². The molecule has 0 radical (unpaired) electrons. The smallest absolute Gasteiger partial charge is 0.333 e. The zero-order valence-electron chi connectivity index (χ0n) is 8.24. The first-order valence-corrected chi connectivity index (χ1v) is 4.26. The number of hydrogen-bond donors (Lipinski definition) is 1. The molecule has 0 aliphatic carbocycles. The van der Waals surface area contributed by atoms with Crippen molar-refractivity contribution in [3.8, 4) is 12.1 Å². The van der Waals surface area contributed by atoms with E-state index in [9.17, 15) is 4.79 Å². The molecule has 0 heterocycles. The molecule has 1 N–H and O–H groups in total. The number of carbonyl (C=O) groups is 1. The Morgan fingerprint density at radius 2 is 2.14 bits per heavy atom. The molecule has 1 unspecified atom stereocenters. The second kappa shape index (κ2) is 5.04. The normalized spacial score (nSPS) is 15.0. The van der Waals surface area contributed by atoms with Gasteiger partial charge in [0, 0.05) is 6.08 Å². The summed E-state index contributed by atoms with van der Waals surface area (Å²) in [6.45, 7) is 3.40. The molecule has 74 valence electrons. The first-order valence-electron chi connectivity index (χ1n) is 4.26. The van der Waals surface area contributed by atoms with Crippen molar-refractivity contribution in [2.45, 2.75) is 26.7 Å². The van der Waals surface area contributed by atoms with Crippen LogP contribution in [0.1, 0.15) is 26.7 Å². The topological polar surface area (TPSA) is 84.9 Å². The van der Waals surface area contributed by atoms with E-state index in [0.29, 0.717) is 12.8 Å². The summed E-state index contributed by atoms with van der Waals surface area (Å²) < 4.78 is 0. The standard InChI is InChI=1S/C10H12N2O2/c1-3-5-10(2,7-12)8(4-6-11)9(13)14/h4H,3,5H2,1-2H3,(H,13,14). The predicted octanol–water partition coefficient (Wildman–Crippen LogP) is 1.85. The summed E-state index contributed by atoms with van der Waals surface area (Å²) >= 11 is 0. The molecule has 0 aromatic carbocycles. The van der Waals surface area contributed by atoms with Gasteiger partial charge >= 0.3 is 5.97 Å². The van der Waals surface area contributed by atoms with Crippen LogP contribution in [0.5, 0.6) is 0 Å². The summed E-state index contributed by atoms with van der Waals surface area (Å²) in [5, 5.41) is 26.1. The summed E-state index contributed by atoms with van der Waals surface area (Å²) in [6.07, 6.45) is 2.06. The van der Waals surface area contributed by atoms with Crippen LogP contribution in [0.25, 0.3) is 0 Å². The molecule has 0 amide bonds. The third kappa shape index (κ3) is 2.60. The van der Waals surface area contributed by atoms with E-state index >= 15 is 0 Å². The van der Waals surface area contributed by atoms with Crippen molar-refractivity contribution < 1.29 is 9.90 Å². The SMILES string of the molecule is CCCC(C)(C#N)C(=CC#N)C(=O)O. The van der Waals surface area contributed by atoms with Crippen LogP contribution in [0.4, 0.5) is 0 Å². The van der Waals surface area contributed by atoms with E-state index in [-0.39, 0.29) is 5.57 Å². The zero-order valence-corrected chi connectivity index (χ0v) is 8.24. The Hall–Kier alpha value is -1.81. The van der Waals surface area contributed by atoms with Crippen LogP contribution in [-0.4, -0.2) is 11.1 Å². The van der Waals surface area contributed by atoms with Crippen molar-refractivity contribution >= 4 is 5.97 Å². The van der Waals surface area contributed by atoms with E-state index in [2.05, 4.69) is 0 Å². The molecular weight excluding hydrogens is 180 g/mol. The fourth-order valence-corrected chi connectivity index (χ4v) is 1.27. The van der Waals surface area contributed by atoms with Gasteiger partial charge in [0.15, 0.2) is 0 Å². The molecule has 0 rings (SSSR count). The highest BCUT2D eigenvalue weighted by molar-refractivity contribution is 5.89. The van der Waals surface area contributed by atoms with Crippen molar-refractivity contribution in [3.63, 3.8) is 0 Å². The van der Waals surface area contributed by atoms with E-state index in [1.807, 2.05) is 13.0 Å².